The Balaban J connectivity index is 1.47. The third kappa shape index (κ3) is 4.20. The van der Waals surface area contributed by atoms with E-state index in [2.05, 4.69) is 44.8 Å². The van der Waals surface area contributed by atoms with Crippen molar-refractivity contribution < 1.29 is 8.42 Å². The fourth-order valence-corrected chi connectivity index (χ4v) is 6.68. The van der Waals surface area contributed by atoms with E-state index in [0.29, 0.717) is 23.9 Å². The highest BCUT2D eigenvalue weighted by molar-refractivity contribution is 9.10. The van der Waals surface area contributed by atoms with Gasteiger partial charge in [-0.2, -0.15) is 4.31 Å². The minimum absolute atomic E-state index is 0.359. The quantitative estimate of drug-likeness (QED) is 0.409. The van der Waals surface area contributed by atoms with E-state index in [0.717, 1.165) is 45.8 Å². The van der Waals surface area contributed by atoms with E-state index in [1.54, 1.807) is 28.2 Å². The van der Waals surface area contributed by atoms with Crippen LogP contribution < -0.4 is 0 Å². The molecular formula is C22H24BrN3O2S2. The molecule has 158 valence electrons. The monoisotopic (exact) mass is 505 g/mol. The molecule has 0 unspecified atom stereocenters. The number of sulfonamides is 1. The van der Waals surface area contributed by atoms with Gasteiger partial charge in [0.05, 0.1) is 15.9 Å². The number of hydrogen-bond donors (Lipinski definition) is 0. The van der Waals surface area contributed by atoms with Crippen molar-refractivity contribution in [3.8, 4) is 0 Å². The molecule has 2 heterocycles. The summed E-state index contributed by atoms with van der Waals surface area (Å²) in [6.45, 7) is 2.19. The smallest absolute Gasteiger partial charge is 0.243 e. The Hall–Kier alpha value is -1.35. The fraction of sp³-hybridized carbons (Fsp3) is 0.409. The first kappa shape index (κ1) is 20.5. The van der Waals surface area contributed by atoms with Crippen molar-refractivity contribution >= 4 is 48.7 Å². The lowest BCUT2D eigenvalue weighted by Crippen LogP contribution is -2.27. The van der Waals surface area contributed by atoms with Gasteiger partial charge in [-0.3, -0.25) is 0 Å². The summed E-state index contributed by atoms with van der Waals surface area (Å²) in [6.07, 6.45) is 4.40. The van der Waals surface area contributed by atoms with Crippen molar-refractivity contribution in [2.45, 2.75) is 48.0 Å². The third-order valence-electron chi connectivity index (χ3n) is 5.81. The first-order chi connectivity index (χ1) is 14.5. The fourth-order valence-electron chi connectivity index (χ4n) is 3.90. The van der Waals surface area contributed by atoms with Crippen LogP contribution in [-0.2, 0) is 22.3 Å². The van der Waals surface area contributed by atoms with Crippen LogP contribution in [0.25, 0.3) is 11.0 Å². The lowest BCUT2D eigenvalue weighted by Gasteiger charge is -2.15. The van der Waals surface area contributed by atoms with Crippen LogP contribution in [-0.4, -0.2) is 35.4 Å². The van der Waals surface area contributed by atoms with Crippen LogP contribution in [0.3, 0.4) is 0 Å². The molecule has 5 nitrogen and oxygen atoms in total. The summed E-state index contributed by atoms with van der Waals surface area (Å²) in [7, 11) is -3.43. The molecule has 1 aliphatic heterocycles. The molecule has 5 rings (SSSR count). The second-order valence-electron chi connectivity index (χ2n) is 8.13. The van der Waals surface area contributed by atoms with Crippen LogP contribution in [0.4, 0.5) is 0 Å². The predicted octanol–water partition coefficient (Wildman–Crippen LogP) is 5.29. The average molecular weight is 506 g/mol. The Morgan fingerprint density at radius 1 is 1.07 bits per heavy atom. The molecule has 0 bridgehead atoms. The van der Waals surface area contributed by atoms with Crippen LogP contribution in [0.2, 0.25) is 0 Å². The molecule has 1 aliphatic carbocycles. The molecule has 3 aromatic rings. The SMILES string of the molecule is O=S(=O)(c1ccc2c(c1)nc(SCc1ccc(Br)cc1)n2CC1CC1)N1CCCC1. The van der Waals surface area contributed by atoms with Gasteiger partial charge in [-0.05, 0) is 67.5 Å². The summed E-state index contributed by atoms with van der Waals surface area (Å²) >= 11 is 5.20. The first-order valence-electron chi connectivity index (χ1n) is 10.4. The van der Waals surface area contributed by atoms with E-state index in [1.165, 1.54) is 18.4 Å². The highest BCUT2D eigenvalue weighted by Crippen LogP contribution is 2.36. The zero-order valence-electron chi connectivity index (χ0n) is 16.6. The Kier molecular flexibility index (Phi) is 5.68. The van der Waals surface area contributed by atoms with Crippen LogP contribution in [0, 0.1) is 5.92 Å². The zero-order valence-corrected chi connectivity index (χ0v) is 19.8. The molecule has 1 saturated heterocycles. The summed E-state index contributed by atoms with van der Waals surface area (Å²) in [5, 5.41) is 0.968. The van der Waals surface area contributed by atoms with Gasteiger partial charge < -0.3 is 4.57 Å². The van der Waals surface area contributed by atoms with Gasteiger partial charge in [0.15, 0.2) is 5.16 Å². The van der Waals surface area contributed by atoms with Gasteiger partial charge in [-0.1, -0.05) is 39.8 Å². The van der Waals surface area contributed by atoms with E-state index in [4.69, 9.17) is 4.98 Å². The Morgan fingerprint density at radius 2 is 1.80 bits per heavy atom. The largest absolute Gasteiger partial charge is 0.319 e. The number of fused-ring (bicyclic) bond motifs is 1. The second kappa shape index (κ2) is 8.30. The lowest BCUT2D eigenvalue weighted by molar-refractivity contribution is 0.477. The summed E-state index contributed by atoms with van der Waals surface area (Å²) in [5.41, 5.74) is 3.04. The highest BCUT2D eigenvalue weighted by atomic mass is 79.9. The van der Waals surface area contributed by atoms with Crippen molar-refractivity contribution in [2.24, 2.45) is 5.92 Å². The third-order valence-corrected chi connectivity index (χ3v) is 9.28. The Bertz CT molecular complexity index is 1170. The van der Waals surface area contributed by atoms with E-state index >= 15 is 0 Å². The number of halogens is 1. The minimum atomic E-state index is -3.43. The van der Waals surface area contributed by atoms with Gasteiger partial charge in [0, 0.05) is 29.9 Å². The maximum atomic E-state index is 13.0. The maximum absolute atomic E-state index is 13.0. The standard InChI is InChI=1S/C22H24BrN3O2S2/c23-18-7-5-17(6-8-18)15-29-22-24-20-13-19(30(27,28)25-11-1-2-12-25)9-10-21(20)26(22)14-16-3-4-16/h5-10,13,16H,1-4,11-12,14-15H2. The van der Waals surface area contributed by atoms with E-state index in [1.807, 2.05) is 6.07 Å². The summed E-state index contributed by atoms with van der Waals surface area (Å²) in [4.78, 5) is 5.22. The molecule has 1 aromatic heterocycles. The van der Waals surface area contributed by atoms with Gasteiger partial charge >= 0.3 is 0 Å². The topological polar surface area (TPSA) is 55.2 Å². The van der Waals surface area contributed by atoms with Gasteiger partial charge in [0.25, 0.3) is 0 Å². The van der Waals surface area contributed by atoms with E-state index in [9.17, 15) is 8.42 Å². The second-order valence-corrected chi connectivity index (χ2v) is 11.9. The molecule has 0 spiro atoms. The minimum Gasteiger partial charge on any atom is -0.319 e. The molecule has 0 radical (unpaired) electrons. The molecular weight excluding hydrogens is 482 g/mol. The normalized spacial score (nSPS) is 17.8. The van der Waals surface area contributed by atoms with Crippen LogP contribution in [0.15, 0.2) is 57.0 Å². The molecule has 0 amide bonds. The molecule has 1 saturated carbocycles. The number of thioether (sulfide) groups is 1. The van der Waals surface area contributed by atoms with Crippen molar-refractivity contribution in [1.29, 1.82) is 0 Å². The van der Waals surface area contributed by atoms with Crippen LogP contribution >= 0.6 is 27.7 Å². The van der Waals surface area contributed by atoms with Crippen LogP contribution in [0.5, 0.6) is 0 Å². The van der Waals surface area contributed by atoms with E-state index < -0.39 is 10.0 Å². The van der Waals surface area contributed by atoms with Crippen molar-refractivity contribution in [3.05, 3.63) is 52.5 Å². The van der Waals surface area contributed by atoms with Gasteiger partial charge in [-0.25, -0.2) is 13.4 Å². The van der Waals surface area contributed by atoms with E-state index in [-0.39, 0.29) is 0 Å². The maximum Gasteiger partial charge on any atom is 0.243 e. The molecule has 2 fully saturated rings. The molecule has 30 heavy (non-hydrogen) atoms. The van der Waals surface area contributed by atoms with Gasteiger partial charge in [0.1, 0.15) is 0 Å². The van der Waals surface area contributed by atoms with Crippen molar-refractivity contribution in [3.63, 3.8) is 0 Å². The molecule has 2 aromatic carbocycles. The Morgan fingerprint density at radius 3 is 2.50 bits per heavy atom. The summed E-state index contributed by atoms with van der Waals surface area (Å²) in [6, 6.07) is 13.8. The van der Waals surface area contributed by atoms with Crippen molar-refractivity contribution in [2.75, 3.05) is 13.1 Å². The number of aromatic nitrogens is 2. The first-order valence-corrected chi connectivity index (χ1v) is 13.6. The summed E-state index contributed by atoms with van der Waals surface area (Å²) < 4.78 is 30.9. The van der Waals surface area contributed by atoms with Crippen LogP contribution in [0.1, 0.15) is 31.2 Å². The molecule has 8 heteroatoms. The number of imidazole rings is 1. The van der Waals surface area contributed by atoms with Gasteiger partial charge in [0.2, 0.25) is 10.0 Å². The number of nitrogens with zero attached hydrogens (tertiary/aromatic N) is 3. The zero-order chi connectivity index (χ0) is 20.7. The molecule has 0 N–H and O–H groups in total. The van der Waals surface area contributed by atoms with Gasteiger partial charge in [-0.15, -0.1) is 0 Å². The Labute approximate surface area is 190 Å². The highest BCUT2D eigenvalue weighted by Gasteiger charge is 2.29. The molecule has 0 atom stereocenters. The number of rotatable bonds is 7. The number of hydrogen-bond acceptors (Lipinski definition) is 4. The lowest BCUT2D eigenvalue weighted by atomic mass is 10.2. The number of benzene rings is 2. The average Bonchev–Trinajstić information content (AvgIpc) is 3.25. The van der Waals surface area contributed by atoms with Crippen molar-refractivity contribution in [1.82, 2.24) is 13.9 Å². The molecule has 2 aliphatic rings. The predicted molar refractivity (Wildman–Crippen MR) is 124 cm³/mol. The summed E-state index contributed by atoms with van der Waals surface area (Å²) in [5.74, 6) is 1.54.